The molecule has 0 unspecified atom stereocenters. The molecular weight excluding hydrogens is 292 g/mol. The van der Waals surface area contributed by atoms with Crippen molar-refractivity contribution in [1.82, 2.24) is 4.98 Å². The number of nitrogens with zero attached hydrogens (tertiary/aromatic N) is 2. The Bertz CT molecular complexity index is 612. The van der Waals surface area contributed by atoms with Crippen LogP contribution in [-0.2, 0) is 6.42 Å². The van der Waals surface area contributed by atoms with Gasteiger partial charge in [-0.05, 0) is 46.1 Å². The molecule has 2 aromatic rings. The molecule has 1 aliphatic rings. The van der Waals surface area contributed by atoms with Crippen LogP contribution < -0.4 is 4.90 Å². The maximum Gasteiger partial charge on any atom is 0.278 e. The first-order chi connectivity index (χ1) is 8.77. The van der Waals surface area contributed by atoms with Gasteiger partial charge < -0.3 is 4.90 Å². The zero-order valence-electron chi connectivity index (χ0n) is 9.64. The van der Waals surface area contributed by atoms with Crippen molar-refractivity contribution in [2.75, 3.05) is 11.4 Å². The molecule has 0 spiro atoms. The first-order valence-electron chi connectivity index (χ1n) is 5.77. The van der Waals surface area contributed by atoms with Crippen LogP contribution in [0.2, 0.25) is 0 Å². The molecule has 1 aromatic carbocycles. The molecule has 0 bridgehead atoms. The highest BCUT2D eigenvalue weighted by Gasteiger charge is 2.26. The van der Waals surface area contributed by atoms with Gasteiger partial charge in [-0.25, -0.2) is 4.98 Å². The summed E-state index contributed by atoms with van der Waals surface area (Å²) in [7, 11) is 0. The molecule has 0 N–H and O–H groups in total. The van der Waals surface area contributed by atoms with Gasteiger partial charge >= 0.3 is 0 Å². The molecule has 90 valence electrons. The normalized spacial score (nSPS) is 13.5. The summed E-state index contributed by atoms with van der Waals surface area (Å²) < 4.78 is 0.736. The highest BCUT2D eigenvalue weighted by molar-refractivity contribution is 9.10. The van der Waals surface area contributed by atoms with E-state index in [2.05, 4.69) is 27.0 Å². The monoisotopic (exact) mass is 302 g/mol. The number of carbonyl (C=O) groups excluding carboxylic acids is 1. The van der Waals surface area contributed by atoms with Crippen LogP contribution in [0, 0.1) is 0 Å². The molecule has 0 atom stereocenters. The van der Waals surface area contributed by atoms with Gasteiger partial charge in [0, 0.05) is 22.9 Å². The van der Waals surface area contributed by atoms with Crippen molar-refractivity contribution < 1.29 is 4.79 Å². The van der Waals surface area contributed by atoms with Crippen LogP contribution in [0.1, 0.15) is 16.1 Å². The molecule has 1 amide bonds. The molecule has 1 aromatic heterocycles. The summed E-state index contributed by atoms with van der Waals surface area (Å²) in [6, 6.07) is 11.6. The fourth-order valence-corrected chi connectivity index (χ4v) is 2.64. The van der Waals surface area contributed by atoms with Crippen molar-refractivity contribution in [2.24, 2.45) is 0 Å². The number of anilines is 1. The molecule has 0 radical (unpaired) electrons. The average molecular weight is 303 g/mol. The average Bonchev–Trinajstić information content (AvgIpc) is 2.82. The number of fused-ring (bicyclic) bond motifs is 1. The van der Waals surface area contributed by atoms with Crippen molar-refractivity contribution in [3.63, 3.8) is 0 Å². The minimum Gasteiger partial charge on any atom is -0.306 e. The van der Waals surface area contributed by atoms with Crippen molar-refractivity contribution in [3.05, 3.63) is 58.3 Å². The summed E-state index contributed by atoms with van der Waals surface area (Å²) in [5.74, 6) is -0.0487. The highest BCUT2D eigenvalue weighted by Crippen LogP contribution is 2.29. The SMILES string of the molecule is O=C(c1ncccc1Br)N1CCc2ccccc21. The van der Waals surface area contributed by atoms with E-state index in [0.717, 1.165) is 23.1 Å². The zero-order chi connectivity index (χ0) is 12.5. The number of pyridine rings is 1. The lowest BCUT2D eigenvalue weighted by Gasteiger charge is -2.17. The van der Waals surface area contributed by atoms with Gasteiger partial charge in [0.15, 0.2) is 0 Å². The lowest BCUT2D eigenvalue weighted by Crippen LogP contribution is -2.29. The second kappa shape index (κ2) is 4.53. The Morgan fingerprint density at radius 1 is 1.22 bits per heavy atom. The standard InChI is InChI=1S/C14H11BrN2O/c15-11-5-3-8-16-13(11)14(18)17-9-7-10-4-1-2-6-12(10)17/h1-6,8H,7,9H2. The van der Waals surface area contributed by atoms with E-state index in [4.69, 9.17) is 0 Å². The first kappa shape index (κ1) is 11.4. The van der Waals surface area contributed by atoms with Gasteiger partial charge in [0.25, 0.3) is 5.91 Å². The molecule has 1 aliphatic heterocycles. The summed E-state index contributed by atoms with van der Waals surface area (Å²) in [6.45, 7) is 0.723. The quantitative estimate of drug-likeness (QED) is 0.811. The van der Waals surface area contributed by atoms with E-state index in [1.54, 1.807) is 17.2 Å². The van der Waals surface area contributed by atoms with Crippen LogP contribution in [0.25, 0.3) is 0 Å². The zero-order valence-corrected chi connectivity index (χ0v) is 11.2. The van der Waals surface area contributed by atoms with Crippen molar-refractivity contribution in [3.8, 4) is 0 Å². The van der Waals surface area contributed by atoms with Crippen molar-refractivity contribution in [1.29, 1.82) is 0 Å². The number of benzene rings is 1. The Hall–Kier alpha value is -1.68. The third-order valence-corrected chi connectivity index (χ3v) is 3.73. The highest BCUT2D eigenvalue weighted by atomic mass is 79.9. The molecule has 0 aliphatic carbocycles. The molecule has 3 rings (SSSR count). The lowest BCUT2D eigenvalue weighted by atomic mass is 10.2. The third kappa shape index (κ3) is 1.82. The number of hydrogen-bond donors (Lipinski definition) is 0. The fourth-order valence-electron chi connectivity index (χ4n) is 2.22. The second-order valence-electron chi connectivity index (χ2n) is 4.17. The number of amides is 1. The van der Waals surface area contributed by atoms with Crippen LogP contribution >= 0.6 is 15.9 Å². The number of aromatic nitrogens is 1. The van der Waals surface area contributed by atoms with E-state index >= 15 is 0 Å². The predicted molar refractivity (Wildman–Crippen MR) is 73.8 cm³/mol. The molecule has 0 saturated carbocycles. The van der Waals surface area contributed by atoms with Crippen LogP contribution in [0.5, 0.6) is 0 Å². The maximum atomic E-state index is 12.5. The van der Waals surface area contributed by atoms with Gasteiger partial charge in [-0.1, -0.05) is 18.2 Å². The van der Waals surface area contributed by atoms with Crippen LogP contribution in [0.4, 0.5) is 5.69 Å². The lowest BCUT2D eigenvalue weighted by molar-refractivity contribution is 0.0984. The molecule has 2 heterocycles. The van der Waals surface area contributed by atoms with Gasteiger partial charge in [0.05, 0.1) is 0 Å². The van der Waals surface area contributed by atoms with Crippen molar-refractivity contribution >= 4 is 27.5 Å². The number of rotatable bonds is 1. The predicted octanol–water partition coefficient (Wildman–Crippen LogP) is 3.05. The van der Waals surface area contributed by atoms with E-state index < -0.39 is 0 Å². The number of carbonyl (C=O) groups is 1. The Kier molecular flexibility index (Phi) is 2.88. The third-order valence-electron chi connectivity index (χ3n) is 3.09. The molecule has 0 saturated heterocycles. The Morgan fingerprint density at radius 3 is 2.89 bits per heavy atom. The molecule has 18 heavy (non-hydrogen) atoms. The Balaban J connectivity index is 1.99. The molecule has 0 fully saturated rings. The molecular formula is C14H11BrN2O. The fraction of sp³-hybridized carbons (Fsp3) is 0.143. The van der Waals surface area contributed by atoms with E-state index in [1.165, 1.54) is 5.56 Å². The second-order valence-corrected chi connectivity index (χ2v) is 5.02. The largest absolute Gasteiger partial charge is 0.306 e. The van der Waals surface area contributed by atoms with Crippen LogP contribution in [0.3, 0.4) is 0 Å². The Labute approximate surface area is 114 Å². The minimum absolute atomic E-state index is 0.0487. The minimum atomic E-state index is -0.0487. The molecule has 4 heteroatoms. The summed E-state index contributed by atoms with van der Waals surface area (Å²) >= 11 is 3.37. The van der Waals surface area contributed by atoms with Gasteiger partial charge in [-0.15, -0.1) is 0 Å². The van der Waals surface area contributed by atoms with Gasteiger partial charge in [-0.3, -0.25) is 4.79 Å². The van der Waals surface area contributed by atoms with E-state index in [-0.39, 0.29) is 5.91 Å². The number of hydrogen-bond acceptors (Lipinski definition) is 2. The maximum absolute atomic E-state index is 12.5. The van der Waals surface area contributed by atoms with Crippen molar-refractivity contribution in [2.45, 2.75) is 6.42 Å². The smallest absolute Gasteiger partial charge is 0.278 e. The van der Waals surface area contributed by atoms with Crippen LogP contribution in [-0.4, -0.2) is 17.4 Å². The van der Waals surface area contributed by atoms with Crippen LogP contribution in [0.15, 0.2) is 47.1 Å². The summed E-state index contributed by atoms with van der Waals surface area (Å²) in [5, 5.41) is 0. The van der Waals surface area contributed by atoms with E-state index in [1.807, 2.05) is 24.3 Å². The van der Waals surface area contributed by atoms with E-state index in [0.29, 0.717) is 5.69 Å². The summed E-state index contributed by atoms with van der Waals surface area (Å²) in [4.78, 5) is 18.4. The summed E-state index contributed by atoms with van der Waals surface area (Å²) in [6.07, 6.45) is 2.55. The summed E-state index contributed by atoms with van der Waals surface area (Å²) in [5.41, 5.74) is 2.69. The van der Waals surface area contributed by atoms with Gasteiger partial charge in [0.2, 0.25) is 0 Å². The van der Waals surface area contributed by atoms with Gasteiger partial charge in [0.1, 0.15) is 5.69 Å². The number of halogens is 1. The topological polar surface area (TPSA) is 33.2 Å². The number of para-hydroxylation sites is 1. The van der Waals surface area contributed by atoms with Gasteiger partial charge in [-0.2, -0.15) is 0 Å². The van der Waals surface area contributed by atoms with E-state index in [9.17, 15) is 4.79 Å². The first-order valence-corrected chi connectivity index (χ1v) is 6.57. The molecule has 3 nitrogen and oxygen atoms in total. The Morgan fingerprint density at radius 2 is 2.06 bits per heavy atom.